The van der Waals surface area contributed by atoms with Crippen molar-refractivity contribution in [2.45, 2.75) is 123 Å². The summed E-state index contributed by atoms with van der Waals surface area (Å²) in [6, 6.07) is 0. The zero-order valence-electron chi connectivity index (χ0n) is 21.9. The lowest BCUT2D eigenvalue weighted by molar-refractivity contribution is 0.378. The van der Waals surface area contributed by atoms with Gasteiger partial charge in [-0.2, -0.15) is 0 Å². The van der Waals surface area contributed by atoms with Crippen molar-refractivity contribution in [2.24, 2.45) is 5.41 Å². The molecule has 27 heavy (non-hydrogen) atoms. The molecule has 0 radical (unpaired) electrons. The maximum atomic E-state index is 4.02. The molecule has 0 rings (SSSR count). The first-order valence-corrected chi connectivity index (χ1v) is 10.9. The van der Waals surface area contributed by atoms with Gasteiger partial charge in [0.1, 0.15) is 0 Å². The Kier molecular flexibility index (Phi) is 34.0. The molecule has 0 heteroatoms. The molecule has 0 N–H and O–H groups in total. The zero-order valence-corrected chi connectivity index (χ0v) is 21.9. The Morgan fingerprint density at radius 2 is 0.926 bits per heavy atom. The highest BCUT2D eigenvalue weighted by molar-refractivity contribution is 5.30. The SMILES string of the molecule is C=C(C)C(=C)C.C=C(C)C(CCC(C)(C)C)=C(C)C.CC.CC.CCCC. The molecule has 0 atom stereocenters. The summed E-state index contributed by atoms with van der Waals surface area (Å²) in [6.45, 7) is 40.9. The highest BCUT2D eigenvalue weighted by atomic mass is 14.2. The molecule has 0 aliphatic heterocycles. The second-order valence-electron chi connectivity index (χ2n) is 7.88. The topological polar surface area (TPSA) is 0 Å². The fourth-order valence-corrected chi connectivity index (χ4v) is 1.39. The number of hydrogen-bond acceptors (Lipinski definition) is 0. The fourth-order valence-electron chi connectivity index (χ4n) is 1.39. The third-order valence-electron chi connectivity index (χ3n) is 3.47. The van der Waals surface area contributed by atoms with Gasteiger partial charge in [-0.3, -0.25) is 0 Å². The third-order valence-corrected chi connectivity index (χ3v) is 3.47. The van der Waals surface area contributed by atoms with Crippen LogP contribution >= 0.6 is 0 Å². The van der Waals surface area contributed by atoms with E-state index >= 15 is 0 Å². The van der Waals surface area contributed by atoms with Crippen LogP contribution in [-0.4, -0.2) is 0 Å². The van der Waals surface area contributed by atoms with E-state index < -0.39 is 0 Å². The Labute approximate surface area is 175 Å². The Morgan fingerprint density at radius 3 is 1.04 bits per heavy atom. The zero-order chi connectivity index (χ0) is 23.2. The summed E-state index contributed by atoms with van der Waals surface area (Å²) in [5, 5.41) is 0. The standard InChI is InChI=1S/C13H24.C6H10.C4H10.2C2H6/c1-10(2)12(11(3)4)8-9-13(5,6)7;1-5(2)6(3)4;1-3-4-2;2*1-2/h1,8-9H2,2-7H3;1,3H2,2,4H3;3-4H2,1-2H3;2*1-2H3. The molecule has 0 bridgehead atoms. The minimum absolute atomic E-state index is 0.427. The summed E-state index contributed by atoms with van der Waals surface area (Å²) < 4.78 is 0. The van der Waals surface area contributed by atoms with Crippen molar-refractivity contribution >= 4 is 0 Å². The van der Waals surface area contributed by atoms with Crippen LogP contribution in [0.4, 0.5) is 0 Å². The van der Waals surface area contributed by atoms with E-state index in [0.717, 1.165) is 11.1 Å². The first kappa shape index (κ1) is 36.8. The van der Waals surface area contributed by atoms with E-state index in [9.17, 15) is 0 Å². The summed E-state index contributed by atoms with van der Waals surface area (Å²) in [6.07, 6.45) is 5.04. The molecular weight excluding hydrogens is 324 g/mol. The van der Waals surface area contributed by atoms with E-state index in [-0.39, 0.29) is 0 Å². The highest BCUT2D eigenvalue weighted by Gasteiger charge is 2.11. The van der Waals surface area contributed by atoms with E-state index in [1.807, 2.05) is 41.5 Å². The number of rotatable bonds is 5. The van der Waals surface area contributed by atoms with Gasteiger partial charge >= 0.3 is 0 Å². The second-order valence-corrected chi connectivity index (χ2v) is 7.88. The smallest absolute Gasteiger partial charge is 0.0272 e. The van der Waals surface area contributed by atoms with Crippen molar-refractivity contribution < 1.29 is 0 Å². The normalized spacial score (nSPS) is 8.67. The van der Waals surface area contributed by atoms with Gasteiger partial charge in [0, 0.05) is 0 Å². The van der Waals surface area contributed by atoms with Gasteiger partial charge in [0.15, 0.2) is 0 Å². The molecule has 0 aliphatic carbocycles. The van der Waals surface area contributed by atoms with E-state index in [1.54, 1.807) is 0 Å². The minimum atomic E-state index is 0.427. The molecule has 0 saturated carbocycles. The van der Waals surface area contributed by atoms with Gasteiger partial charge in [0.2, 0.25) is 0 Å². The molecule has 0 heterocycles. The first-order valence-electron chi connectivity index (χ1n) is 10.9. The monoisotopic (exact) mass is 380 g/mol. The van der Waals surface area contributed by atoms with Crippen molar-refractivity contribution in [2.75, 3.05) is 0 Å². The molecule has 0 nitrogen and oxygen atoms in total. The van der Waals surface area contributed by atoms with Gasteiger partial charge in [-0.15, -0.1) is 0 Å². The third kappa shape index (κ3) is 40.8. The van der Waals surface area contributed by atoms with Gasteiger partial charge in [-0.05, 0) is 58.4 Å². The summed E-state index contributed by atoms with van der Waals surface area (Å²) >= 11 is 0. The van der Waals surface area contributed by atoms with Crippen LogP contribution < -0.4 is 0 Å². The molecule has 0 aromatic carbocycles. The van der Waals surface area contributed by atoms with E-state index in [4.69, 9.17) is 0 Å². The van der Waals surface area contributed by atoms with Crippen LogP contribution in [0, 0.1) is 5.41 Å². The van der Waals surface area contributed by atoms with Gasteiger partial charge < -0.3 is 0 Å². The van der Waals surface area contributed by atoms with Crippen LogP contribution in [0.25, 0.3) is 0 Å². The largest absolute Gasteiger partial charge is 0.0959 e. The van der Waals surface area contributed by atoms with Crippen LogP contribution in [-0.2, 0) is 0 Å². The highest BCUT2D eigenvalue weighted by Crippen LogP contribution is 2.27. The lowest BCUT2D eigenvalue weighted by Crippen LogP contribution is -2.05. The quantitative estimate of drug-likeness (QED) is 0.416. The molecule has 0 fully saturated rings. The maximum Gasteiger partial charge on any atom is -0.0272 e. The Hall–Kier alpha value is -1.04. The number of hydrogen-bond donors (Lipinski definition) is 0. The lowest BCUT2D eigenvalue weighted by atomic mass is 9.86. The van der Waals surface area contributed by atoms with Crippen LogP contribution in [0.5, 0.6) is 0 Å². The Balaban J connectivity index is -0.0000000957. The number of unbranched alkanes of at least 4 members (excludes halogenated alkanes) is 1. The van der Waals surface area contributed by atoms with Crippen LogP contribution in [0.1, 0.15) is 123 Å². The number of allylic oxidation sites excluding steroid dienone is 5. The Morgan fingerprint density at radius 1 is 0.630 bits per heavy atom. The molecule has 0 spiro atoms. The fraction of sp³-hybridized carbons (Fsp3) is 0.704. The molecule has 164 valence electrons. The van der Waals surface area contributed by atoms with Crippen molar-refractivity contribution in [1.82, 2.24) is 0 Å². The van der Waals surface area contributed by atoms with Crippen molar-refractivity contribution in [3.63, 3.8) is 0 Å². The minimum Gasteiger partial charge on any atom is -0.0959 e. The lowest BCUT2D eigenvalue weighted by Gasteiger charge is -2.20. The van der Waals surface area contributed by atoms with Crippen LogP contribution in [0.2, 0.25) is 0 Å². The van der Waals surface area contributed by atoms with E-state index in [1.165, 1.54) is 42.4 Å². The van der Waals surface area contributed by atoms with Crippen LogP contribution in [0.3, 0.4) is 0 Å². The average Bonchev–Trinajstić information content (AvgIpc) is 2.57. The summed E-state index contributed by atoms with van der Waals surface area (Å²) in [5.74, 6) is 0. The van der Waals surface area contributed by atoms with E-state index in [2.05, 4.69) is 75.1 Å². The molecule has 0 aromatic heterocycles. The van der Waals surface area contributed by atoms with Gasteiger partial charge in [0.05, 0.1) is 0 Å². The molecule has 0 aromatic rings. The summed E-state index contributed by atoms with van der Waals surface area (Å²) in [4.78, 5) is 0. The van der Waals surface area contributed by atoms with Gasteiger partial charge in [-0.1, -0.05) is 117 Å². The van der Waals surface area contributed by atoms with Crippen LogP contribution in [0.15, 0.2) is 47.6 Å². The Bertz CT molecular complexity index is 365. The van der Waals surface area contributed by atoms with Crippen molar-refractivity contribution in [3.05, 3.63) is 47.6 Å². The molecular formula is C27H56. The maximum absolute atomic E-state index is 4.02. The molecule has 0 aliphatic rings. The predicted octanol–water partition coefficient (Wildman–Crippen LogP) is 10.7. The van der Waals surface area contributed by atoms with Gasteiger partial charge in [-0.25, -0.2) is 0 Å². The van der Waals surface area contributed by atoms with Crippen molar-refractivity contribution in [1.29, 1.82) is 0 Å². The average molecular weight is 381 g/mol. The second kappa shape index (κ2) is 25.0. The first-order chi connectivity index (χ1) is 12.3. The molecule has 0 amide bonds. The van der Waals surface area contributed by atoms with Crippen molar-refractivity contribution in [3.8, 4) is 0 Å². The summed E-state index contributed by atoms with van der Waals surface area (Å²) in [5.41, 5.74) is 6.65. The summed E-state index contributed by atoms with van der Waals surface area (Å²) in [7, 11) is 0. The van der Waals surface area contributed by atoms with Gasteiger partial charge in [0.25, 0.3) is 0 Å². The van der Waals surface area contributed by atoms with E-state index in [0.29, 0.717) is 5.41 Å². The predicted molar refractivity (Wildman–Crippen MR) is 135 cm³/mol. The molecule has 0 saturated heterocycles. The molecule has 0 unspecified atom stereocenters.